The number of carbonyl (C=O) groups is 1. The maximum absolute atomic E-state index is 13.6. The van der Waals surface area contributed by atoms with Crippen LogP contribution < -0.4 is 15.0 Å². The zero-order valence-corrected chi connectivity index (χ0v) is 20.4. The fourth-order valence-corrected chi connectivity index (χ4v) is 4.31. The minimum Gasteiger partial charge on any atom is -0.497 e. The van der Waals surface area contributed by atoms with E-state index in [4.69, 9.17) is 9.26 Å². The van der Waals surface area contributed by atoms with Crippen LogP contribution in [0.3, 0.4) is 0 Å². The highest BCUT2D eigenvalue weighted by Gasteiger charge is 2.36. The number of nitrogens with one attached hydrogen (secondary N) is 1. The van der Waals surface area contributed by atoms with Gasteiger partial charge in [-0.1, -0.05) is 23.4 Å². The molecule has 1 N–H and O–H groups in total. The summed E-state index contributed by atoms with van der Waals surface area (Å²) >= 11 is 0. The van der Waals surface area contributed by atoms with Crippen molar-refractivity contribution in [3.05, 3.63) is 101 Å². The van der Waals surface area contributed by atoms with Gasteiger partial charge in [0, 0.05) is 11.3 Å². The van der Waals surface area contributed by atoms with E-state index in [2.05, 4.69) is 15.5 Å². The highest BCUT2D eigenvalue weighted by molar-refractivity contribution is 6.01. The molecule has 1 aromatic heterocycles. The largest absolute Gasteiger partial charge is 0.497 e. The van der Waals surface area contributed by atoms with E-state index in [9.17, 15) is 9.18 Å². The van der Waals surface area contributed by atoms with E-state index in [1.54, 1.807) is 19.2 Å². The van der Waals surface area contributed by atoms with Crippen molar-refractivity contribution in [1.82, 2.24) is 15.5 Å². The minimum atomic E-state index is -0.516. The van der Waals surface area contributed by atoms with Crippen LogP contribution in [-0.4, -0.2) is 23.3 Å². The lowest BCUT2D eigenvalue weighted by molar-refractivity contribution is 0.244. The van der Waals surface area contributed by atoms with Crippen LogP contribution in [0, 0.1) is 19.7 Å². The van der Waals surface area contributed by atoms with Gasteiger partial charge >= 0.3 is 6.03 Å². The van der Waals surface area contributed by atoms with Crippen molar-refractivity contribution < 1.29 is 18.4 Å². The topological polar surface area (TPSA) is 80.5 Å². The Kier molecular flexibility index (Phi) is 6.01. The van der Waals surface area contributed by atoms with Gasteiger partial charge in [-0.3, -0.25) is 4.90 Å². The summed E-state index contributed by atoms with van der Waals surface area (Å²) in [5, 5.41) is 7.27. The molecule has 0 radical (unpaired) electrons. The highest BCUT2D eigenvalue weighted by Crippen LogP contribution is 2.39. The standard InChI is InChI=1S/C28H25FN4O3/c1-16-5-6-20(15-17(16)2)25-24(18(3)33(28(34)30-25)22-11-9-21(29)10-12-22)27-31-26(32-36-27)19-7-13-23(35-4)14-8-19/h5-15,25H,1-4H3,(H,30,34). The zero-order valence-electron chi connectivity index (χ0n) is 20.4. The molecule has 7 nitrogen and oxygen atoms in total. The second-order valence-electron chi connectivity index (χ2n) is 8.69. The van der Waals surface area contributed by atoms with Gasteiger partial charge in [-0.2, -0.15) is 4.98 Å². The average Bonchev–Trinajstić information content (AvgIpc) is 3.36. The number of amides is 2. The zero-order chi connectivity index (χ0) is 25.4. The van der Waals surface area contributed by atoms with Crippen molar-refractivity contribution in [2.45, 2.75) is 26.8 Å². The van der Waals surface area contributed by atoms with Crippen LogP contribution in [0.4, 0.5) is 14.9 Å². The number of ether oxygens (including phenoxy) is 1. The lowest BCUT2D eigenvalue weighted by Crippen LogP contribution is -2.46. The Morgan fingerprint density at radius 2 is 1.69 bits per heavy atom. The molecule has 1 aliphatic rings. The Labute approximate surface area is 208 Å². The number of benzene rings is 3. The Morgan fingerprint density at radius 3 is 2.36 bits per heavy atom. The molecule has 36 heavy (non-hydrogen) atoms. The van der Waals surface area contributed by atoms with E-state index in [1.165, 1.54) is 17.0 Å². The third kappa shape index (κ3) is 4.22. The first-order chi connectivity index (χ1) is 17.4. The number of anilines is 1. The van der Waals surface area contributed by atoms with E-state index in [-0.39, 0.29) is 17.7 Å². The first-order valence-electron chi connectivity index (χ1n) is 11.5. The molecule has 182 valence electrons. The normalized spacial score (nSPS) is 15.8. The van der Waals surface area contributed by atoms with E-state index < -0.39 is 6.04 Å². The molecule has 5 rings (SSSR count). The fourth-order valence-electron chi connectivity index (χ4n) is 4.31. The van der Waals surface area contributed by atoms with Crippen molar-refractivity contribution in [2.24, 2.45) is 0 Å². The van der Waals surface area contributed by atoms with Gasteiger partial charge in [-0.05, 0) is 86.0 Å². The Morgan fingerprint density at radius 1 is 0.972 bits per heavy atom. The number of halogens is 1. The maximum atomic E-state index is 13.6. The van der Waals surface area contributed by atoms with E-state index in [1.807, 2.05) is 63.2 Å². The number of nitrogens with zero attached hydrogens (tertiary/aromatic N) is 3. The van der Waals surface area contributed by atoms with Gasteiger partial charge in [0.15, 0.2) is 0 Å². The summed E-state index contributed by atoms with van der Waals surface area (Å²) in [5.74, 6) is 1.04. The molecule has 0 fully saturated rings. The smallest absolute Gasteiger partial charge is 0.326 e. The molecule has 0 bridgehead atoms. The number of aryl methyl sites for hydroxylation is 2. The monoisotopic (exact) mass is 484 g/mol. The quantitative estimate of drug-likeness (QED) is 0.365. The van der Waals surface area contributed by atoms with Crippen LogP contribution >= 0.6 is 0 Å². The van der Waals surface area contributed by atoms with Gasteiger partial charge in [0.2, 0.25) is 5.82 Å². The summed E-state index contributed by atoms with van der Waals surface area (Å²) in [6.45, 7) is 5.89. The van der Waals surface area contributed by atoms with Crippen LogP contribution in [0.15, 0.2) is 77.0 Å². The molecule has 0 aliphatic carbocycles. The Bertz CT molecular complexity index is 1460. The fraction of sp³-hybridized carbons (Fsp3) is 0.179. The van der Waals surface area contributed by atoms with Crippen LogP contribution in [0.1, 0.15) is 35.5 Å². The lowest BCUT2D eigenvalue weighted by atomic mass is 9.92. The predicted molar refractivity (Wildman–Crippen MR) is 135 cm³/mol. The Balaban J connectivity index is 1.64. The summed E-state index contributed by atoms with van der Waals surface area (Å²) in [4.78, 5) is 19.5. The summed E-state index contributed by atoms with van der Waals surface area (Å²) < 4.78 is 24.6. The molecule has 1 atom stereocenters. The van der Waals surface area contributed by atoms with Crippen molar-refractivity contribution in [3.8, 4) is 17.1 Å². The first-order valence-corrected chi connectivity index (χ1v) is 11.5. The van der Waals surface area contributed by atoms with Gasteiger partial charge in [-0.25, -0.2) is 9.18 Å². The number of hydrogen-bond acceptors (Lipinski definition) is 5. The SMILES string of the molecule is COc1ccc(-c2noc(C3=C(C)N(c4ccc(F)cc4)C(=O)NC3c3ccc(C)c(C)c3)n2)cc1. The van der Waals surface area contributed by atoms with Crippen LogP contribution in [0.25, 0.3) is 17.0 Å². The predicted octanol–water partition coefficient (Wildman–Crippen LogP) is 6.20. The van der Waals surface area contributed by atoms with Crippen molar-refractivity contribution >= 4 is 17.3 Å². The summed E-state index contributed by atoms with van der Waals surface area (Å²) in [6, 6.07) is 18.3. The van der Waals surface area contributed by atoms with E-state index in [0.717, 1.165) is 28.0 Å². The lowest BCUT2D eigenvalue weighted by Gasteiger charge is -2.35. The molecule has 0 spiro atoms. The van der Waals surface area contributed by atoms with Crippen LogP contribution in [-0.2, 0) is 0 Å². The second kappa shape index (κ2) is 9.30. The highest BCUT2D eigenvalue weighted by atomic mass is 19.1. The number of carbonyl (C=O) groups excluding carboxylic acids is 1. The van der Waals surface area contributed by atoms with Crippen molar-refractivity contribution in [3.63, 3.8) is 0 Å². The molecule has 0 saturated heterocycles. The number of allylic oxidation sites excluding steroid dienone is 1. The third-order valence-corrected chi connectivity index (χ3v) is 6.44. The molecule has 2 heterocycles. The summed E-state index contributed by atoms with van der Waals surface area (Å²) in [6.07, 6.45) is 0. The molecular weight excluding hydrogens is 459 g/mol. The third-order valence-electron chi connectivity index (χ3n) is 6.44. The van der Waals surface area contributed by atoms with Crippen molar-refractivity contribution in [1.29, 1.82) is 0 Å². The van der Waals surface area contributed by atoms with Gasteiger partial charge in [0.25, 0.3) is 5.89 Å². The molecule has 1 unspecified atom stereocenters. The van der Waals surface area contributed by atoms with Gasteiger partial charge in [0.1, 0.15) is 11.6 Å². The number of methoxy groups -OCH3 is 1. The van der Waals surface area contributed by atoms with E-state index in [0.29, 0.717) is 22.8 Å². The second-order valence-corrected chi connectivity index (χ2v) is 8.69. The first kappa shape index (κ1) is 23.3. The van der Waals surface area contributed by atoms with Gasteiger partial charge < -0.3 is 14.6 Å². The van der Waals surface area contributed by atoms with Gasteiger partial charge in [-0.15, -0.1) is 0 Å². The Hall–Kier alpha value is -4.46. The van der Waals surface area contributed by atoms with Gasteiger partial charge in [0.05, 0.1) is 24.4 Å². The molecule has 2 amide bonds. The number of rotatable bonds is 5. The average molecular weight is 485 g/mol. The van der Waals surface area contributed by atoms with Crippen molar-refractivity contribution in [2.75, 3.05) is 12.0 Å². The molecule has 0 saturated carbocycles. The van der Waals surface area contributed by atoms with E-state index >= 15 is 0 Å². The molecule has 4 aromatic rings. The number of urea groups is 1. The minimum absolute atomic E-state index is 0.286. The maximum Gasteiger partial charge on any atom is 0.326 e. The molecule has 1 aliphatic heterocycles. The number of aromatic nitrogens is 2. The molecule has 8 heteroatoms. The van der Waals surface area contributed by atoms with Crippen LogP contribution in [0.2, 0.25) is 0 Å². The summed E-state index contributed by atoms with van der Waals surface area (Å²) in [5.41, 5.74) is 5.70. The molecule has 3 aromatic carbocycles. The molecular formula is C28H25FN4O3. The summed E-state index contributed by atoms with van der Waals surface area (Å²) in [7, 11) is 1.61. The number of hydrogen-bond donors (Lipinski definition) is 1. The van der Waals surface area contributed by atoms with Crippen LogP contribution in [0.5, 0.6) is 5.75 Å².